The van der Waals surface area contributed by atoms with Gasteiger partial charge in [-0.3, -0.25) is 4.79 Å². The Balaban J connectivity index is 1.56. The lowest BCUT2D eigenvalue weighted by Crippen LogP contribution is -2.12. The fraction of sp³-hybridized carbons (Fsp3) is 0.522. The Kier molecular flexibility index (Phi) is 6.49. The Morgan fingerprint density at radius 2 is 1.88 bits per heavy atom. The van der Waals surface area contributed by atoms with Gasteiger partial charge in [0.15, 0.2) is 0 Å². The predicted molar refractivity (Wildman–Crippen MR) is 102 cm³/mol. The molecule has 1 unspecified atom stereocenters. The van der Waals surface area contributed by atoms with Gasteiger partial charge in [-0.05, 0) is 30.2 Å². The van der Waals surface area contributed by atoms with E-state index in [1.54, 1.807) is 0 Å². The van der Waals surface area contributed by atoms with Crippen LogP contribution in [-0.2, 0) is 9.53 Å². The highest BCUT2D eigenvalue weighted by molar-refractivity contribution is 5.78. The van der Waals surface area contributed by atoms with Gasteiger partial charge in [-0.1, -0.05) is 87.2 Å². The first-order valence-electron chi connectivity index (χ1n) is 9.88. The van der Waals surface area contributed by atoms with E-state index in [-0.39, 0.29) is 11.9 Å². The molecule has 134 valence electrons. The summed E-state index contributed by atoms with van der Waals surface area (Å²) in [6, 6.07) is 10.5. The molecule has 0 aliphatic heterocycles. The number of hydrogen-bond acceptors (Lipinski definition) is 2. The maximum absolute atomic E-state index is 12.7. The molecule has 0 aromatic heterocycles. The van der Waals surface area contributed by atoms with E-state index in [9.17, 15) is 4.79 Å². The predicted octanol–water partition coefficient (Wildman–Crippen LogP) is 5.66. The van der Waals surface area contributed by atoms with Crippen molar-refractivity contribution in [2.24, 2.45) is 17.8 Å². The Morgan fingerprint density at radius 1 is 1.08 bits per heavy atom. The molecule has 0 bridgehead atoms. The molecular formula is C23H30O2. The van der Waals surface area contributed by atoms with Gasteiger partial charge in [-0.2, -0.15) is 0 Å². The van der Waals surface area contributed by atoms with Crippen molar-refractivity contribution in [2.75, 3.05) is 6.61 Å². The summed E-state index contributed by atoms with van der Waals surface area (Å²) in [6.07, 6.45) is 15.6. The van der Waals surface area contributed by atoms with Crippen LogP contribution in [0.5, 0.6) is 0 Å². The van der Waals surface area contributed by atoms with E-state index < -0.39 is 0 Å². The van der Waals surface area contributed by atoms with Gasteiger partial charge in [0.25, 0.3) is 0 Å². The normalized spacial score (nSPS) is 27.2. The molecule has 0 spiro atoms. The van der Waals surface area contributed by atoms with Crippen molar-refractivity contribution in [3.8, 4) is 0 Å². The van der Waals surface area contributed by atoms with Crippen molar-refractivity contribution in [3.05, 3.63) is 60.2 Å². The molecular weight excluding hydrogens is 308 g/mol. The van der Waals surface area contributed by atoms with E-state index in [1.807, 2.05) is 6.07 Å². The number of ether oxygens (including phenoxy) is 1. The zero-order valence-electron chi connectivity index (χ0n) is 15.3. The van der Waals surface area contributed by atoms with Crippen LogP contribution in [0.1, 0.15) is 56.9 Å². The molecule has 2 heteroatoms. The van der Waals surface area contributed by atoms with E-state index in [2.05, 4.69) is 55.5 Å². The molecule has 0 amide bonds. The zero-order chi connectivity index (χ0) is 17.5. The highest BCUT2D eigenvalue weighted by atomic mass is 16.5. The summed E-state index contributed by atoms with van der Waals surface area (Å²) in [4.78, 5) is 12.7. The van der Waals surface area contributed by atoms with Crippen molar-refractivity contribution in [1.82, 2.24) is 0 Å². The van der Waals surface area contributed by atoms with Crippen molar-refractivity contribution >= 4 is 5.97 Å². The van der Waals surface area contributed by atoms with Crippen LogP contribution >= 0.6 is 0 Å². The average molecular weight is 338 g/mol. The number of allylic oxidation sites excluding steroid dienone is 4. The lowest BCUT2D eigenvalue weighted by atomic mass is 9.92. The van der Waals surface area contributed by atoms with Crippen LogP contribution < -0.4 is 0 Å². The molecule has 25 heavy (non-hydrogen) atoms. The van der Waals surface area contributed by atoms with Crippen LogP contribution in [0.4, 0.5) is 0 Å². The molecule has 4 atom stereocenters. The summed E-state index contributed by atoms with van der Waals surface area (Å²) in [5.74, 6) is 1.19. The van der Waals surface area contributed by atoms with Gasteiger partial charge < -0.3 is 4.74 Å². The zero-order valence-corrected chi connectivity index (χ0v) is 15.3. The average Bonchev–Trinajstić information content (AvgIpc) is 3.42. The molecule has 1 saturated carbocycles. The third-order valence-electron chi connectivity index (χ3n) is 5.53. The maximum atomic E-state index is 12.7. The van der Waals surface area contributed by atoms with Crippen molar-refractivity contribution in [2.45, 2.75) is 51.4 Å². The largest absolute Gasteiger partial charge is 0.465 e. The Hall–Kier alpha value is -1.83. The van der Waals surface area contributed by atoms with Crippen LogP contribution in [-0.4, -0.2) is 12.6 Å². The van der Waals surface area contributed by atoms with E-state index in [1.165, 1.54) is 24.8 Å². The minimum atomic E-state index is 0.0114. The molecule has 0 N–H and O–H groups in total. The van der Waals surface area contributed by atoms with Crippen LogP contribution in [0, 0.1) is 17.8 Å². The Morgan fingerprint density at radius 3 is 2.60 bits per heavy atom. The molecule has 1 fully saturated rings. The summed E-state index contributed by atoms with van der Waals surface area (Å²) < 4.78 is 5.64. The summed E-state index contributed by atoms with van der Waals surface area (Å²) in [7, 11) is 0. The van der Waals surface area contributed by atoms with E-state index in [4.69, 9.17) is 4.74 Å². The van der Waals surface area contributed by atoms with Crippen LogP contribution in [0.2, 0.25) is 0 Å². The van der Waals surface area contributed by atoms with Gasteiger partial charge in [0, 0.05) is 5.92 Å². The van der Waals surface area contributed by atoms with E-state index in [0.717, 1.165) is 19.3 Å². The summed E-state index contributed by atoms with van der Waals surface area (Å²) >= 11 is 0. The van der Waals surface area contributed by atoms with Crippen molar-refractivity contribution < 1.29 is 9.53 Å². The topological polar surface area (TPSA) is 26.3 Å². The SMILES string of the molecule is CCCCCCCOC(=O)[C@H]1[C@H](c2ccccc2)[C@H]1C1C=CC=CC1. The number of carbonyl (C=O) groups excluding carboxylic acids is 1. The number of benzene rings is 1. The summed E-state index contributed by atoms with van der Waals surface area (Å²) in [6.45, 7) is 2.79. The first-order chi connectivity index (χ1) is 12.3. The molecule has 2 aliphatic carbocycles. The first kappa shape index (κ1) is 18.0. The quantitative estimate of drug-likeness (QED) is 0.429. The van der Waals surface area contributed by atoms with Crippen LogP contribution in [0.15, 0.2) is 54.6 Å². The highest BCUT2D eigenvalue weighted by Gasteiger charge is 2.58. The monoisotopic (exact) mass is 338 g/mol. The number of esters is 1. The number of hydrogen-bond donors (Lipinski definition) is 0. The molecule has 0 saturated heterocycles. The van der Waals surface area contributed by atoms with Crippen LogP contribution in [0.3, 0.4) is 0 Å². The van der Waals surface area contributed by atoms with Crippen molar-refractivity contribution in [3.63, 3.8) is 0 Å². The number of unbranched alkanes of at least 4 members (excludes halogenated alkanes) is 4. The maximum Gasteiger partial charge on any atom is 0.309 e. The standard InChI is InChI=1S/C23H30O2/c1-2-3-4-5-12-17-25-23(24)22-20(18-13-8-6-9-14-18)21(22)19-15-10-7-11-16-19/h6-11,13-15,19-22H,2-5,12,16-17H2,1H3/t19?,20-,21-,22+/m1/s1. The fourth-order valence-electron chi connectivity index (χ4n) is 4.14. The highest BCUT2D eigenvalue weighted by Crippen LogP contribution is 2.59. The number of carbonyl (C=O) groups is 1. The van der Waals surface area contributed by atoms with Gasteiger partial charge in [-0.15, -0.1) is 0 Å². The Bertz CT molecular complexity index is 602. The molecule has 1 aromatic rings. The molecule has 0 heterocycles. The fourth-order valence-corrected chi connectivity index (χ4v) is 4.14. The van der Waals surface area contributed by atoms with Gasteiger partial charge in [0.05, 0.1) is 12.5 Å². The van der Waals surface area contributed by atoms with Crippen LogP contribution in [0.25, 0.3) is 0 Å². The Labute approximate surface area is 152 Å². The third kappa shape index (κ3) is 4.62. The second-order valence-corrected chi connectivity index (χ2v) is 7.33. The lowest BCUT2D eigenvalue weighted by Gasteiger charge is -2.13. The second kappa shape index (κ2) is 9.03. The molecule has 2 aliphatic rings. The first-order valence-corrected chi connectivity index (χ1v) is 9.88. The van der Waals surface area contributed by atoms with Gasteiger partial charge in [-0.25, -0.2) is 0 Å². The van der Waals surface area contributed by atoms with E-state index >= 15 is 0 Å². The molecule has 0 radical (unpaired) electrons. The van der Waals surface area contributed by atoms with E-state index in [0.29, 0.717) is 24.4 Å². The summed E-state index contributed by atoms with van der Waals surface area (Å²) in [5.41, 5.74) is 1.28. The minimum Gasteiger partial charge on any atom is -0.465 e. The second-order valence-electron chi connectivity index (χ2n) is 7.33. The number of rotatable bonds is 9. The lowest BCUT2D eigenvalue weighted by molar-refractivity contribution is -0.146. The summed E-state index contributed by atoms with van der Waals surface area (Å²) in [5, 5.41) is 0. The molecule has 2 nitrogen and oxygen atoms in total. The smallest absolute Gasteiger partial charge is 0.309 e. The van der Waals surface area contributed by atoms with Gasteiger partial charge in [0.2, 0.25) is 0 Å². The minimum absolute atomic E-state index is 0.0114. The van der Waals surface area contributed by atoms with Gasteiger partial charge >= 0.3 is 5.97 Å². The molecule has 3 rings (SSSR count). The molecule has 1 aromatic carbocycles. The van der Waals surface area contributed by atoms with Gasteiger partial charge in [0.1, 0.15) is 0 Å². The third-order valence-corrected chi connectivity index (χ3v) is 5.53. The van der Waals surface area contributed by atoms with Crippen molar-refractivity contribution in [1.29, 1.82) is 0 Å².